The molecule has 33 heavy (non-hydrogen) atoms. The maximum absolute atomic E-state index is 14.0. The Labute approximate surface area is 189 Å². The van der Waals surface area contributed by atoms with E-state index in [2.05, 4.69) is 0 Å². The molecule has 0 amide bonds. The van der Waals surface area contributed by atoms with Gasteiger partial charge in [-0.1, -0.05) is 54.1 Å². The van der Waals surface area contributed by atoms with Crippen LogP contribution in [0.5, 0.6) is 0 Å². The molecule has 2 atom stereocenters. The van der Waals surface area contributed by atoms with Crippen molar-refractivity contribution in [3.63, 3.8) is 0 Å². The summed E-state index contributed by atoms with van der Waals surface area (Å²) < 4.78 is 6.53. The topological polar surface area (TPSA) is 81.8 Å². The Morgan fingerprint density at radius 2 is 1.64 bits per heavy atom. The van der Waals surface area contributed by atoms with E-state index in [9.17, 15) is 14.9 Å². The number of rotatable bonds is 3. The molecule has 6 rings (SSSR count). The Morgan fingerprint density at radius 3 is 2.33 bits per heavy atom. The molecule has 6 nitrogen and oxygen atoms in total. The van der Waals surface area contributed by atoms with Crippen molar-refractivity contribution in [1.29, 1.82) is 0 Å². The van der Waals surface area contributed by atoms with Crippen LogP contribution >= 0.6 is 0 Å². The highest BCUT2D eigenvalue weighted by molar-refractivity contribution is 6.21. The number of non-ortho nitro benzene ring substituents is 1. The van der Waals surface area contributed by atoms with E-state index in [4.69, 9.17) is 9.73 Å². The molecule has 0 bridgehead atoms. The molecule has 1 aliphatic carbocycles. The van der Waals surface area contributed by atoms with Crippen LogP contribution in [-0.2, 0) is 10.3 Å². The molecule has 2 unspecified atom stereocenters. The van der Waals surface area contributed by atoms with Crippen LogP contribution in [0.3, 0.4) is 0 Å². The second kappa shape index (κ2) is 6.84. The van der Waals surface area contributed by atoms with Gasteiger partial charge in [-0.05, 0) is 42.1 Å². The lowest BCUT2D eigenvalue weighted by molar-refractivity contribution is -0.384. The van der Waals surface area contributed by atoms with Crippen LogP contribution in [0, 0.1) is 17.0 Å². The van der Waals surface area contributed by atoms with Crippen LogP contribution in [0.15, 0.2) is 89.9 Å². The van der Waals surface area contributed by atoms with E-state index in [1.54, 1.807) is 12.1 Å². The minimum atomic E-state index is -1.36. The summed E-state index contributed by atoms with van der Waals surface area (Å²) in [6.07, 6.45) is 0. The number of nitro groups is 1. The Hall–Kier alpha value is -4.32. The summed E-state index contributed by atoms with van der Waals surface area (Å²) in [5.74, 6) is 0.236. The number of carbonyl (C=O) groups is 1. The first-order valence-electron chi connectivity index (χ1n) is 10.6. The van der Waals surface area contributed by atoms with Gasteiger partial charge in [-0.3, -0.25) is 14.9 Å². The molecule has 160 valence electrons. The maximum atomic E-state index is 14.0. The second-order valence-corrected chi connectivity index (χ2v) is 8.43. The zero-order valence-corrected chi connectivity index (χ0v) is 17.7. The van der Waals surface area contributed by atoms with Gasteiger partial charge in [-0.2, -0.15) is 0 Å². The Bertz CT molecular complexity index is 1480. The molecule has 4 aromatic carbocycles. The number of ether oxygens (including phenoxy) is 1. The number of nitrogens with zero attached hydrogens (tertiary/aromatic N) is 2. The average molecular weight is 434 g/mol. The van der Waals surface area contributed by atoms with E-state index in [1.165, 1.54) is 12.1 Å². The molecule has 0 aromatic heterocycles. The zero-order valence-electron chi connectivity index (χ0n) is 17.7. The molecule has 0 N–H and O–H groups in total. The van der Waals surface area contributed by atoms with E-state index >= 15 is 0 Å². The van der Waals surface area contributed by atoms with Crippen LogP contribution in [-0.4, -0.2) is 16.6 Å². The number of fused-ring (bicyclic) bond motifs is 1. The lowest BCUT2D eigenvalue weighted by Crippen LogP contribution is -2.38. The molecule has 2 aliphatic rings. The largest absolute Gasteiger partial charge is 0.455 e. The van der Waals surface area contributed by atoms with Crippen molar-refractivity contribution in [2.24, 2.45) is 4.99 Å². The number of nitro benzene ring substituents is 1. The quantitative estimate of drug-likeness (QED) is 0.307. The van der Waals surface area contributed by atoms with Gasteiger partial charge < -0.3 is 4.74 Å². The summed E-state index contributed by atoms with van der Waals surface area (Å²) in [4.78, 5) is 29.6. The number of hydrogen-bond acceptors (Lipinski definition) is 5. The number of aliphatic imine (C=N–C) groups is 1. The second-order valence-electron chi connectivity index (χ2n) is 8.43. The molecule has 6 heteroatoms. The van der Waals surface area contributed by atoms with Gasteiger partial charge in [0, 0.05) is 34.2 Å². The summed E-state index contributed by atoms with van der Waals surface area (Å²) >= 11 is 0. The molecule has 0 saturated carbocycles. The molecule has 1 heterocycles. The van der Waals surface area contributed by atoms with E-state index in [-0.39, 0.29) is 11.5 Å². The molecular formula is C27H18N2O4. The van der Waals surface area contributed by atoms with Crippen molar-refractivity contribution in [1.82, 2.24) is 0 Å². The lowest BCUT2D eigenvalue weighted by Gasteiger charge is -2.29. The highest BCUT2D eigenvalue weighted by atomic mass is 16.6. The summed E-state index contributed by atoms with van der Waals surface area (Å²) in [7, 11) is 0. The summed E-state index contributed by atoms with van der Waals surface area (Å²) in [6.45, 7) is 2.00. The monoisotopic (exact) mass is 434 g/mol. The SMILES string of the molecule is Cc1ccc(C2=NC(c3ccc([N+](=O)[O-])cc3)C3(O2)C(=O)c2cccc4cccc3c24)cc1. The van der Waals surface area contributed by atoms with Gasteiger partial charge in [0.15, 0.2) is 0 Å². The summed E-state index contributed by atoms with van der Waals surface area (Å²) in [5, 5.41) is 13.0. The van der Waals surface area contributed by atoms with Gasteiger partial charge in [0.25, 0.3) is 5.69 Å². The third-order valence-electron chi connectivity index (χ3n) is 6.49. The van der Waals surface area contributed by atoms with Crippen molar-refractivity contribution in [3.05, 3.63) is 123 Å². The summed E-state index contributed by atoms with van der Waals surface area (Å²) in [5.41, 5.74) is 2.57. The number of aryl methyl sites for hydroxylation is 1. The minimum absolute atomic E-state index is 0.0161. The van der Waals surface area contributed by atoms with Crippen molar-refractivity contribution in [2.45, 2.75) is 18.6 Å². The summed E-state index contributed by atoms with van der Waals surface area (Å²) in [6, 6.07) is 24.8. The Morgan fingerprint density at radius 1 is 0.939 bits per heavy atom. The number of benzene rings is 4. The minimum Gasteiger partial charge on any atom is -0.455 e. The molecule has 4 aromatic rings. The molecular weight excluding hydrogens is 416 g/mol. The molecule has 0 saturated heterocycles. The first kappa shape index (κ1) is 19.4. The normalized spacial score (nSPS) is 20.8. The van der Waals surface area contributed by atoms with Crippen LogP contribution in [0.25, 0.3) is 10.8 Å². The lowest BCUT2D eigenvalue weighted by atomic mass is 9.82. The standard InChI is InChI=1S/C27H18N2O4/c1-16-8-10-19(11-9-16)26-28-24(18-12-14-20(15-13-18)29(31)32)27(33-26)22-7-3-5-17-4-2-6-21(23(17)22)25(27)30/h2-15,24H,1H3. The van der Waals surface area contributed by atoms with Crippen molar-refractivity contribution in [2.75, 3.05) is 0 Å². The predicted molar refractivity (Wildman–Crippen MR) is 125 cm³/mol. The third-order valence-corrected chi connectivity index (χ3v) is 6.49. The fourth-order valence-corrected chi connectivity index (χ4v) is 4.89. The Balaban J connectivity index is 1.58. The highest BCUT2D eigenvalue weighted by Gasteiger charge is 2.59. The van der Waals surface area contributed by atoms with Crippen molar-refractivity contribution < 1.29 is 14.5 Å². The fraction of sp³-hybridized carbons (Fsp3) is 0.111. The molecule has 0 fully saturated rings. The van der Waals surface area contributed by atoms with Gasteiger partial charge >= 0.3 is 0 Å². The molecule has 0 radical (unpaired) electrons. The van der Waals surface area contributed by atoms with Gasteiger partial charge in [0.1, 0.15) is 6.04 Å². The van der Waals surface area contributed by atoms with Crippen LogP contribution in [0.4, 0.5) is 5.69 Å². The number of Topliss-reactive ketones (excluding diaryl/α,β-unsaturated/α-hetero) is 1. The number of hydrogen-bond donors (Lipinski definition) is 0. The fourth-order valence-electron chi connectivity index (χ4n) is 4.89. The number of ketones is 1. The maximum Gasteiger partial charge on any atom is 0.269 e. The Kier molecular flexibility index (Phi) is 4.01. The van der Waals surface area contributed by atoms with Crippen LogP contribution in [0.2, 0.25) is 0 Å². The van der Waals surface area contributed by atoms with E-state index in [0.29, 0.717) is 17.0 Å². The van der Waals surface area contributed by atoms with Gasteiger partial charge in [0.2, 0.25) is 17.3 Å². The molecule has 1 spiro atoms. The van der Waals surface area contributed by atoms with Crippen molar-refractivity contribution in [3.8, 4) is 0 Å². The first-order chi connectivity index (χ1) is 16.0. The van der Waals surface area contributed by atoms with Gasteiger partial charge in [0.05, 0.1) is 4.92 Å². The van der Waals surface area contributed by atoms with Gasteiger partial charge in [-0.25, -0.2) is 4.99 Å². The van der Waals surface area contributed by atoms with E-state index < -0.39 is 16.6 Å². The highest BCUT2D eigenvalue weighted by Crippen LogP contribution is 2.54. The van der Waals surface area contributed by atoms with Gasteiger partial charge in [-0.15, -0.1) is 0 Å². The smallest absolute Gasteiger partial charge is 0.269 e. The average Bonchev–Trinajstić information content (AvgIpc) is 3.35. The molecule has 1 aliphatic heterocycles. The van der Waals surface area contributed by atoms with Crippen LogP contribution in [0.1, 0.15) is 38.7 Å². The third kappa shape index (κ3) is 2.67. The van der Waals surface area contributed by atoms with Crippen LogP contribution < -0.4 is 0 Å². The van der Waals surface area contributed by atoms with E-state index in [1.807, 2.05) is 67.6 Å². The first-order valence-corrected chi connectivity index (χ1v) is 10.6. The number of carbonyl (C=O) groups excluding carboxylic acids is 1. The zero-order chi connectivity index (χ0) is 22.7. The van der Waals surface area contributed by atoms with E-state index in [0.717, 1.165) is 27.5 Å². The predicted octanol–water partition coefficient (Wildman–Crippen LogP) is 5.67. The van der Waals surface area contributed by atoms with Crippen molar-refractivity contribution >= 4 is 28.1 Å².